The highest BCUT2D eigenvalue weighted by atomic mass is 16.5. The molecular formula is C13H21NO2. The van der Waals surface area contributed by atoms with Crippen LogP contribution in [-0.2, 0) is 6.42 Å². The van der Waals surface area contributed by atoms with Gasteiger partial charge in [-0.25, -0.2) is 0 Å². The first-order valence-electron chi connectivity index (χ1n) is 5.58. The molecule has 0 atom stereocenters. The van der Waals surface area contributed by atoms with Crippen molar-refractivity contribution >= 4 is 0 Å². The molecule has 3 nitrogen and oxygen atoms in total. The molecule has 0 fully saturated rings. The summed E-state index contributed by atoms with van der Waals surface area (Å²) in [6, 6.07) is 4.08. The van der Waals surface area contributed by atoms with Gasteiger partial charge in [0.1, 0.15) is 0 Å². The van der Waals surface area contributed by atoms with Crippen LogP contribution in [-0.4, -0.2) is 20.8 Å². The van der Waals surface area contributed by atoms with Crippen molar-refractivity contribution < 1.29 is 9.47 Å². The number of benzene rings is 1. The quantitative estimate of drug-likeness (QED) is 0.833. The van der Waals surface area contributed by atoms with Crippen LogP contribution in [0.25, 0.3) is 0 Å². The number of hydrogen-bond donors (Lipinski definition) is 1. The minimum atomic E-state index is 0.460. The molecule has 0 aliphatic heterocycles. The third-order valence-electron chi connectivity index (χ3n) is 2.68. The monoisotopic (exact) mass is 223 g/mol. The van der Waals surface area contributed by atoms with E-state index in [0.29, 0.717) is 12.5 Å². The van der Waals surface area contributed by atoms with E-state index in [1.165, 1.54) is 11.1 Å². The molecular weight excluding hydrogens is 202 g/mol. The molecule has 0 bridgehead atoms. The number of rotatable bonds is 5. The number of nitrogens with two attached hydrogens (primary N) is 1. The summed E-state index contributed by atoms with van der Waals surface area (Å²) in [5, 5.41) is 0. The SMILES string of the molecule is COc1cc(CCN)c(C(C)C)cc1OC. The topological polar surface area (TPSA) is 44.5 Å². The van der Waals surface area contributed by atoms with Gasteiger partial charge in [0.15, 0.2) is 11.5 Å². The molecule has 0 saturated heterocycles. The first kappa shape index (κ1) is 12.8. The Morgan fingerprint density at radius 1 is 1.12 bits per heavy atom. The molecule has 0 amide bonds. The van der Waals surface area contributed by atoms with Crippen molar-refractivity contribution in [2.24, 2.45) is 5.73 Å². The first-order chi connectivity index (χ1) is 7.63. The Morgan fingerprint density at radius 3 is 2.12 bits per heavy atom. The predicted molar refractivity (Wildman–Crippen MR) is 66.4 cm³/mol. The summed E-state index contributed by atoms with van der Waals surface area (Å²) in [4.78, 5) is 0. The van der Waals surface area contributed by atoms with Gasteiger partial charge in [-0.1, -0.05) is 13.8 Å². The number of methoxy groups -OCH3 is 2. The zero-order valence-corrected chi connectivity index (χ0v) is 10.5. The lowest BCUT2D eigenvalue weighted by Crippen LogP contribution is -2.07. The summed E-state index contributed by atoms with van der Waals surface area (Å²) in [5.41, 5.74) is 8.15. The smallest absolute Gasteiger partial charge is 0.161 e. The highest BCUT2D eigenvalue weighted by Crippen LogP contribution is 2.33. The van der Waals surface area contributed by atoms with Gasteiger partial charge in [0.25, 0.3) is 0 Å². The predicted octanol–water partition coefficient (Wildman–Crippen LogP) is 2.33. The van der Waals surface area contributed by atoms with Gasteiger partial charge in [0, 0.05) is 0 Å². The van der Waals surface area contributed by atoms with Crippen LogP contribution in [0.4, 0.5) is 0 Å². The fourth-order valence-electron chi connectivity index (χ4n) is 1.85. The van der Waals surface area contributed by atoms with E-state index in [4.69, 9.17) is 15.2 Å². The van der Waals surface area contributed by atoms with E-state index in [1.54, 1.807) is 14.2 Å². The van der Waals surface area contributed by atoms with Crippen molar-refractivity contribution in [3.63, 3.8) is 0 Å². The van der Waals surface area contributed by atoms with E-state index in [2.05, 4.69) is 19.9 Å². The fraction of sp³-hybridized carbons (Fsp3) is 0.538. The molecule has 0 aromatic heterocycles. The van der Waals surface area contributed by atoms with Gasteiger partial charge in [-0.15, -0.1) is 0 Å². The van der Waals surface area contributed by atoms with Gasteiger partial charge in [-0.05, 0) is 42.1 Å². The molecule has 0 unspecified atom stereocenters. The third kappa shape index (κ3) is 2.67. The van der Waals surface area contributed by atoms with Crippen molar-refractivity contribution in [2.45, 2.75) is 26.2 Å². The molecule has 0 spiro atoms. The van der Waals surface area contributed by atoms with Crippen LogP contribution in [0, 0.1) is 0 Å². The molecule has 0 aliphatic carbocycles. The van der Waals surface area contributed by atoms with E-state index in [0.717, 1.165) is 17.9 Å². The first-order valence-corrected chi connectivity index (χ1v) is 5.58. The van der Waals surface area contributed by atoms with E-state index < -0.39 is 0 Å². The average molecular weight is 223 g/mol. The van der Waals surface area contributed by atoms with Gasteiger partial charge in [-0.2, -0.15) is 0 Å². The van der Waals surface area contributed by atoms with Crippen molar-refractivity contribution in [3.8, 4) is 11.5 Å². The molecule has 2 N–H and O–H groups in total. The summed E-state index contributed by atoms with van der Waals surface area (Å²) < 4.78 is 10.6. The maximum absolute atomic E-state index is 5.62. The van der Waals surface area contributed by atoms with Gasteiger partial charge < -0.3 is 15.2 Å². The zero-order chi connectivity index (χ0) is 12.1. The lowest BCUT2D eigenvalue weighted by molar-refractivity contribution is 0.354. The number of hydrogen-bond acceptors (Lipinski definition) is 3. The van der Waals surface area contributed by atoms with Crippen LogP contribution in [0.5, 0.6) is 11.5 Å². The van der Waals surface area contributed by atoms with Crippen LogP contribution >= 0.6 is 0 Å². The third-order valence-corrected chi connectivity index (χ3v) is 2.68. The second kappa shape index (κ2) is 5.75. The van der Waals surface area contributed by atoms with Gasteiger partial charge in [0.05, 0.1) is 14.2 Å². The van der Waals surface area contributed by atoms with Crippen molar-refractivity contribution in [3.05, 3.63) is 23.3 Å². The second-order valence-electron chi connectivity index (χ2n) is 4.10. The van der Waals surface area contributed by atoms with Crippen molar-refractivity contribution in [1.82, 2.24) is 0 Å². The van der Waals surface area contributed by atoms with E-state index in [1.807, 2.05) is 6.07 Å². The van der Waals surface area contributed by atoms with Crippen LogP contribution in [0.2, 0.25) is 0 Å². The number of ether oxygens (including phenoxy) is 2. The Labute approximate surface area is 97.6 Å². The summed E-state index contributed by atoms with van der Waals surface area (Å²) in [5.74, 6) is 2.02. The molecule has 3 heteroatoms. The normalized spacial score (nSPS) is 10.6. The minimum Gasteiger partial charge on any atom is -0.493 e. The van der Waals surface area contributed by atoms with E-state index in [-0.39, 0.29) is 0 Å². The molecule has 90 valence electrons. The molecule has 0 heterocycles. The lowest BCUT2D eigenvalue weighted by atomic mass is 9.94. The summed E-state index contributed by atoms with van der Waals surface area (Å²) in [6.45, 7) is 4.98. The van der Waals surface area contributed by atoms with E-state index in [9.17, 15) is 0 Å². The van der Waals surface area contributed by atoms with Crippen molar-refractivity contribution in [2.75, 3.05) is 20.8 Å². The largest absolute Gasteiger partial charge is 0.493 e. The summed E-state index contributed by atoms with van der Waals surface area (Å²) in [7, 11) is 3.31. The molecule has 1 rings (SSSR count). The van der Waals surface area contributed by atoms with E-state index >= 15 is 0 Å². The van der Waals surface area contributed by atoms with Crippen LogP contribution < -0.4 is 15.2 Å². The highest BCUT2D eigenvalue weighted by Gasteiger charge is 2.12. The van der Waals surface area contributed by atoms with Gasteiger partial charge in [0.2, 0.25) is 0 Å². The van der Waals surface area contributed by atoms with Crippen LogP contribution in [0.3, 0.4) is 0 Å². The molecule has 0 aliphatic rings. The highest BCUT2D eigenvalue weighted by molar-refractivity contribution is 5.48. The zero-order valence-electron chi connectivity index (χ0n) is 10.5. The Kier molecular flexibility index (Phi) is 4.62. The standard InChI is InChI=1S/C13H21NO2/c1-9(2)11-8-13(16-4)12(15-3)7-10(11)5-6-14/h7-9H,5-6,14H2,1-4H3. The van der Waals surface area contributed by atoms with Gasteiger partial charge in [-0.3, -0.25) is 0 Å². The lowest BCUT2D eigenvalue weighted by Gasteiger charge is -2.16. The Bertz CT molecular complexity index is 348. The Hall–Kier alpha value is -1.22. The maximum Gasteiger partial charge on any atom is 0.161 e. The Balaban J connectivity index is 3.23. The second-order valence-corrected chi connectivity index (χ2v) is 4.10. The van der Waals surface area contributed by atoms with Gasteiger partial charge >= 0.3 is 0 Å². The van der Waals surface area contributed by atoms with Crippen LogP contribution in [0.1, 0.15) is 30.9 Å². The minimum absolute atomic E-state index is 0.460. The van der Waals surface area contributed by atoms with Crippen LogP contribution in [0.15, 0.2) is 12.1 Å². The summed E-state index contributed by atoms with van der Waals surface area (Å²) >= 11 is 0. The molecule has 1 aromatic rings. The van der Waals surface area contributed by atoms with Crippen molar-refractivity contribution in [1.29, 1.82) is 0 Å². The Morgan fingerprint density at radius 2 is 1.69 bits per heavy atom. The molecule has 0 saturated carbocycles. The summed E-state index contributed by atoms with van der Waals surface area (Å²) in [6.07, 6.45) is 0.869. The maximum atomic E-state index is 5.62. The molecule has 16 heavy (non-hydrogen) atoms. The molecule has 1 aromatic carbocycles. The molecule has 0 radical (unpaired) electrons. The fourth-order valence-corrected chi connectivity index (χ4v) is 1.85. The average Bonchev–Trinajstić information content (AvgIpc) is 2.28.